The van der Waals surface area contributed by atoms with Crippen molar-refractivity contribution < 1.29 is 4.79 Å². The summed E-state index contributed by atoms with van der Waals surface area (Å²) in [7, 11) is 0. The highest BCUT2D eigenvalue weighted by Crippen LogP contribution is 2.14. The van der Waals surface area contributed by atoms with E-state index >= 15 is 0 Å². The molecule has 0 atom stereocenters. The summed E-state index contributed by atoms with van der Waals surface area (Å²) < 4.78 is 1.38. The Labute approximate surface area is 177 Å². The number of rotatable bonds is 9. The van der Waals surface area contributed by atoms with Crippen molar-refractivity contribution in [2.45, 2.75) is 52.7 Å². The number of aryl methyl sites for hydroxylation is 2. The molecular formula is C24H28N4O2. The van der Waals surface area contributed by atoms with E-state index in [0.717, 1.165) is 30.4 Å². The van der Waals surface area contributed by atoms with E-state index in [1.807, 2.05) is 12.1 Å². The molecule has 0 fully saturated rings. The largest absolute Gasteiger partial charge is 0.329 e. The third-order valence-corrected chi connectivity index (χ3v) is 5.00. The lowest BCUT2D eigenvalue weighted by Crippen LogP contribution is -2.33. The van der Waals surface area contributed by atoms with Gasteiger partial charge in [0.2, 0.25) is 0 Å². The van der Waals surface area contributed by atoms with Gasteiger partial charge in [-0.3, -0.25) is 14.6 Å². The van der Waals surface area contributed by atoms with Gasteiger partial charge in [0.25, 0.3) is 11.5 Å². The van der Waals surface area contributed by atoms with Crippen molar-refractivity contribution in [1.82, 2.24) is 19.7 Å². The predicted molar refractivity (Wildman–Crippen MR) is 117 cm³/mol. The molecule has 3 rings (SSSR count). The van der Waals surface area contributed by atoms with E-state index in [2.05, 4.69) is 48.2 Å². The van der Waals surface area contributed by atoms with Crippen LogP contribution in [0.25, 0.3) is 0 Å². The molecule has 3 aromatic rings. The Hall–Kier alpha value is -3.28. The van der Waals surface area contributed by atoms with Gasteiger partial charge in [-0.1, -0.05) is 50.6 Å². The van der Waals surface area contributed by atoms with Gasteiger partial charge < -0.3 is 4.90 Å². The monoisotopic (exact) mass is 404 g/mol. The zero-order valence-corrected chi connectivity index (χ0v) is 17.6. The van der Waals surface area contributed by atoms with E-state index in [9.17, 15) is 9.59 Å². The minimum Gasteiger partial charge on any atom is -0.329 e. The Morgan fingerprint density at radius 3 is 2.37 bits per heavy atom. The molecule has 2 heterocycles. The molecular weight excluding hydrogens is 376 g/mol. The van der Waals surface area contributed by atoms with Gasteiger partial charge in [-0.05, 0) is 41.7 Å². The number of carbonyl (C=O) groups is 1. The zero-order chi connectivity index (χ0) is 21.3. The number of benzene rings is 1. The van der Waals surface area contributed by atoms with Crippen molar-refractivity contribution in [3.05, 3.63) is 93.7 Å². The van der Waals surface area contributed by atoms with Crippen molar-refractivity contribution in [1.29, 1.82) is 0 Å². The van der Waals surface area contributed by atoms with E-state index in [0.29, 0.717) is 19.6 Å². The number of nitrogens with zero attached hydrogens (tertiary/aromatic N) is 4. The van der Waals surface area contributed by atoms with Gasteiger partial charge in [-0.25, -0.2) is 4.68 Å². The molecule has 0 bridgehead atoms. The van der Waals surface area contributed by atoms with Crippen LogP contribution in [0.2, 0.25) is 0 Å². The third kappa shape index (κ3) is 5.63. The average Bonchev–Trinajstić information content (AvgIpc) is 2.79. The van der Waals surface area contributed by atoms with Crippen LogP contribution in [0.4, 0.5) is 0 Å². The zero-order valence-electron chi connectivity index (χ0n) is 17.6. The third-order valence-electron chi connectivity index (χ3n) is 5.00. The van der Waals surface area contributed by atoms with Gasteiger partial charge in [-0.15, -0.1) is 0 Å². The lowest BCUT2D eigenvalue weighted by molar-refractivity contribution is 0.0721. The van der Waals surface area contributed by atoms with Crippen LogP contribution in [0.1, 0.15) is 53.9 Å². The minimum atomic E-state index is -0.205. The van der Waals surface area contributed by atoms with Crippen LogP contribution in [0, 0.1) is 0 Å². The Balaban J connectivity index is 1.88. The molecule has 6 nitrogen and oxygen atoms in total. The second kappa shape index (κ2) is 10.5. The van der Waals surface area contributed by atoms with Gasteiger partial charge in [0, 0.05) is 38.1 Å². The molecule has 0 radical (unpaired) electrons. The lowest BCUT2D eigenvalue weighted by atomic mass is 10.1. The standard InChI is InChI=1S/C24H28N4O2/c1-3-5-15-28-23(29)13-12-22(26-28)24(30)27(18-21-7-6-14-25-16-21)17-20-10-8-19(4-2)9-11-20/h6-14,16H,3-5,15,17-18H2,1-2H3. The minimum absolute atomic E-state index is 0.186. The van der Waals surface area contributed by atoms with Gasteiger partial charge >= 0.3 is 0 Å². The fourth-order valence-electron chi connectivity index (χ4n) is 3.21. The molecule has 0 spiro atoms. The fourth-order valence-corrected chi connectivity index (χ4v) is 3.21. The molecule has 0 aliphatic rings. The summed E-state index contributed by atoms with van der Waals surface area (Å²) in [5, 5.41) is 4.34. The van der Waals surface area contributed by atoms with Gasteiger partial charge in [-0.2, -0.15) is 5.10 Å². The Kier molecular flexibility index (Phi) is 7.49. The highest BCUT2D eigenvalue weighted by molar-refractivity contribution is 5.92. The van der Waals surface area contributed by atoms with Crippen LogP contribution in [-0.4, -0.2) is 25.6 Å². The summed E-state index contributed by atoms with van der Waals surface area (Å²) in [6.45, 7) is 5.55. The fraction of sp³-hybridized carbons (Fsp3) is 0.333. The first-order valence-electron chi connectivity index (χ1n) is 10.4. The SMILES string of the molecule is CCCCn1nc(C(=O)N(Cc2ccc(CC)cc2)Cc2cccnc2)ccc1=O. The average molecular weight is 405 g/mol. The van der Waals surface area contributed by atoms with Gasteiger partial charge in [0.15, 0.2) is 0 Å². The summed E-state index contributed by atoms with van der Waals surface area (Å²) in [6, 6.07) is 15.0. The first-order valence-corrected chi connectivity index (χ1v) is 10.4. The second-order valence-corrected chi connectivity index (χ2v) is 7.33. The number of aromatic nitrogens is 3. The molecule has 0 aliphatic carbocycles. The van der Waals surface area contributed by atoms with Crippen LogP contribution < -0.4 is 5.56 Å². The van der Waals surface area contributed by atoms with Crippen LogP contribution in [0.3, 0.4) is 0 Å². The molecule has 6 heteroatoms. The van der Waals surface area contributed by atoms with Gasteiger partial charge in [0.05, 0.1) is 0 Å². The highest BCUT2D eigenvalue weighted by Gasteiger charge is 2.19. The highest BCUT2D eigenvalue weighted by atomic mass is 16.2. The van der Waals surface area contributed by atoms with Crippen molar-refractivity contribution in [3.63, 3.8) is 0 Å². The number of unbranched alkanes of at least 4 members (excludes halogenated alkanes) is 1. The van der Waals surface area contributed by atoms with E-state index in [1.54, 1.807) is 17.3 Å². The smallest absolute Gasteiger partial charge is 0.274 e. The van der Waals surface area contributed by atoms with Crippen LogP contribution in [0.5, 0.6) is 0 Å². The van der Waals surface area contributed by atoms with Crippen LogP contribution in [-0.2, 0) is 26.1 Å². The van der Waals surface area contributed by atoms with Crippen molar-refractivity contribution in [3.8, 4) is 0 Å². The number of carbonyl (C=O) groups excluding carboxylic acids is 1. The normalized spacial score (nSPS) is 10.7. The number of pyridine rings is 1. The molecule has 2 aromatic heterocycles. The van der Waals surface area contributed by atoms with Crippen molar-refractivity contribution in [2.24, 2.45) is 0 Å². The Bertz CT molecular complexity index is 1010. The first-order chi connectivity index (χ1) is 14.6. The summed E-state index contributed by atoms with van der Waals surface area (Å²) in [6.07, 6.45) is 6.24. The maximum Gasteiger partial charge on any atom is 0.274 e. The molecule has 0 N–H and O–H groups in total. The second-order valence-electron chi connectivity index (χ2n) is 7.33. The maximum absolute atomic E-state index is 13.3. The number of amides is 1. The molecule has 1 aromatic carbocycles. The molecule has 30 heavy (non-hydrogen) atoms. The summed E-state index contributed by atoms with van der Waals surface area (Å²) in [5.74, 6) is -0.205. The predicted octanol–water partition coefficient (Wildman–Crippen LogP) is 3.84. The molecule has 0 saturated heterocycles. The summed E-state index contributed by atoms with van der Waals surface area (Å²) >= 11 is 0. The molecule has 0 unspecified atom stereocenters. The lowest BCUT2D eigenvalue weighted by Gasteiger charge is -2.23. The molecule has 1 amide bonds. The first kappa shape index (κ1) is 21.4. The quantitative estimate of drug-likeness (QED) is 0.543. The van der Waals surface area contributed by atoms with E-state index < -0.39 is 0 Å². The Morgan fingerprint density at radius 2 is 1.70 bits per heavy atom. The van der Waals surface area contributed by atoms with E-state index in [-0.39, 0.29) is 17.2 Å². The maximum atomic E-state index is 13.3. The van der Waals surface area contributed by atoms with E-state index in [1.165, 1.54) is 22.4 Å². The molecule has 0 saturated carbocycles. The summed E-state index contributed by atoms with van der Waals surface area (Å²) in [4.78, 5) is 31.3. The van der Waals surface area contributed by atoms with Crippen LogP contribution >= 0.6 is 0 Å². The summed E-state index contributed by atoms with van der Waals surface area (Å²) in [5.41, 5.74) is 3.33. The topological polar surface area (TPSA) is 68.1 Å². The number of hydrogen-bond acceptors (Lipinski definition) is 4. The van der Waals surface area contributed by atoms with Gasteiger partial charge in [0.1, 0.15) is 5.69 Å². The van der Waals surface area contributed by atoms with Crippen molar-refractivity contribution in [2.75, 3.05) is 0 Å². The van der Waals surface area contributed by atoms with Crippen LogP contribution in [0.15, 0.2) is 65.7 Å². The van der Waals surface area contributed by atoms with Crippen molar-refractivity contribution >= 4 is 5.91 Å². The molecule has 0 aliphatic heterocycles. The molecule has 156 valence electrons. The number of hydrogen-bond donors (Lipinski definition) is 0. The van der Waals surface area contributed by atoms with E-state index in [4.69, 9.17) is 0 Å². The Morgan fingerprint density at radius 1 is 0.967 bits per heavy atom.